The van der Waals surface area contributed by atoms with Gasteiger partial charge in [-0.15, -0.1) is 0 Å². The van der Waals surface area contributed by atoms with Gasteiger partial charge in [-0.25, -0.2) is 0 Å². The lowest BCUT2D eigenvalue weighted by Gasteiger charge is -2.37. The largest absolute Gasteiger partial charge is 0.486 e. The average Bonchev–Trinajstić information content (AvgIpc) is 2.38. The second-order valence-corrected chi connectivity index (χ2v) is 4.95. The summed E-state index contributed by atoms with van der Waals surface area (Å²) in [6, 6.07) is 8.17. The van der Waals surface area contributed by atoms with Gasteiger partial charge in [-0.1, -0.05) is 19.9 Å². The molecule has 1 aliphatic rings. The summed E-state index contributed by atoms with van der Waals surface area (Å²) in [6.45, 7) is 5.92. The molecule has 0 aliphatic carbocycles. The molecular formula is C14H19N3O. The smallest absolute Gasteiger partial charge is 0.143 e. The zero-order valence-electron chi connectivity index (χ0n) is 10.9. The van der Waals surface area contributed by atoms with E-state index in [2.05, 4.69) is 24.8 Å². The first-order valence-corrected chi connectivity index (χ1v) is 6.27. The molecule has 4 nitrogen and oxygen atoms in total. The molecule has 0 radical (unpaired) electrons. The molecule has 1 aliphatic heterocycles. The van der Waals surface area contributed by atoms with Crippen LogP contribution in [0.2, 0.25) is 0 Å². The summed E-state index contributed by atoms with van der Waals surface area (Å²) in [5.74, 6) is 1.26. The molecule has 2 N–H and O–H groups in total. The summed E-state index contributed by atoms with van der Waals surface area (Å²) >= 11 is 0. The van der Waals surface area contributed by atoms with Gasteiger partial charge in [-0.05, 0) is 23.6 Å². The minimum atomic E-state index is 0.124. The Balaban J connectivity index is 2.35. The Morgan fingerprint density at radius 1 is 1.56 bits per heavy atom. The molecule has 0 saturated carbocycles. The summed E-state index contributed by atoms with van der Waals surface area (Å²) in [5.41, 5.74) is 7.69. The molecule has 0 amide bonds. The minimum absolute atomic E-state index is 0.124. The fourth-order valence-electron chi connectivity index (χ4n) is 2.14. The van der Waals surface area contributed by atoms with Crippen LogP contribution >= 0.6 is 0 Å². The highest BCUT2D eigenvalue weighted by Crippen LogP contribution is 2.35. The van der Waals surface area contributed by atoms with Crippen LogP contribution in [0.1, 0.15) is 19.4 Å². The normalized spacial score (nSPS) is 18.2. The lowest BCUT2D eigenvalue weighted by molar-refractivity contribution is 0.146. The molecule has 0 aromatic heterocycles. The third-order valence-corrected chi connectivity index (χ3v) is 3.28. The van der Waals surface area contributed by atoms with Crippen LogP contribution in [0.25, 0.3) is 0 Å². The van der Waals surface area contributed by atoms with Gasteiger partial charge in [0.1, 0.15) is 18.4 Å². The van der Waals surface area contributed by atoms with Crippen LogP contribution < -0.4 is 15.4 Å². The molecule has 0 bridgehead atoms. The molecule has 1 atom stereocenters. The van der Waals surface area contributed by atoms with Crippen LogP contribution in [0.4, 0.5) is 5.69 Å². The lowest BCUT2D eigenvalue weighted by Crippen LogP contribution is -2.43. The quantitative estimate of drug-likeness (QED) is 0.826. The summed E-state index contributed by atoms with van der Waals surface area (Å²) < 4.78 is 6.01. The second-order valence-electron chi connectivity index (χ2n) is 4.95. The number of nitrogens with two attached hydrogens (primary N) is 1. The number of benzene rings is 1. The van der Waals surface area contributed by atoms with Gasteiger partial charge in [0.05, 0.1) is 18.3 Å². The molecule has 0 fully saturated rings. The molecule has 1 aromatic rings. The standard InChI is InChI=1S/C14H19N3O/c1-10(2)14-9-17(6-5-15)12-4-3-11(8-16)7-13(12)18-14/h3-4,7,10,14H,6,8-9,16H2,1-2H3. The van der Waals surface area contributed by atoms with E-state index in [1.54, 1.807) is 0 Å². The van der Waals surface area contributed by atoms with Crippen LogP contribution in [-0.4, -0.2) is 19.2 Å². The van der Waals surface area contributed by atoms with E-state index in [9.17, 15) is 0 Å². The van der Waals surface area contributed by atoms with Crippen molar-refractivity contribution in [1.29, 1.82) is 5.26 Å². The molecule has 1 aromatic carbocycles. The first kappa shape index (κ1) is 12.7. The average molecular weight is 245 g/mol. The molecule has 0 saturated heterocycles. The molecule has 96 valence electrons. The maximum absolute atomic E-state index is 8.92. The van der Waals surface area contributed by atoms with Crippen LogP contribution in [0.3, 0.4) is 0 Å². The second kappa shape index (κ2) is 5.28. The topological polar surface area (TPSA) is 62.3 Å². The van der Waals surface area contributed by atoms with E-state index in [1.165, 1.54) is 0 Å². The maximum atomic E-state index is 8.92. The van der Waals surface area contributed by atoms with Crippen molar-refractivity contribution in [2.45, 2.75) is 26.5 Å². The molecule has 18 heavy (non-hydrogen) atoms. The van der Waals surface area contributed by atoms with Crippen LogP contribution in [0.15, 0.2) is 18.2 Å². The Kier molecular flexibility index (Phi) is 3.73. The number of rotatable bonds is 3. The highest BCUT2D eigenvalue weighted by atomic mass is 16.5. The Labute approximate surface area is 108 Å². The van der Waals surface area contributed by atoms with Crippen molar-refractivity contribution in [3.63, 3.8) is 0 Å². The Morgan fingerprint density at radius 2 is 2.33 bits per heavy atom. The molecule has 1 heterocycles. The van der Waals surface area contributed by atoms with Crippen molar-refractivity contribution in [3.8, 4) is 11.8 Å². The van der Waals surface area contributed by atoms with Gasteiger partial charge in [0.2, 0.25) is 0 Å². The number of ether oxygens (including phenoxy) is 1. The monoisotopic (exact) mass is 245 g/mol. The van der Waals surface area contributed by atoms with Crippen molar-refractivity contribution >= 4 is 5.69 Å². The van der Waals surface area contributed by atoms with E-state index in [-0.39, 0.29) is 6.10 Å². The van der Waals surface area contributed by atoms with Gasteiger partial charge in [0.15, 0.2) is 0 Å². The van der Waals surface area contributed by atoms with Gasteiger partial charge >= 0.3 is 0 Å². The third kappa shape index (κ3) is 2.41. The lowest BCUT2D eigenvalue weighted by atomic mass is 10.0. The van der Waals surface area contributed by atoms with E-state index in [4.69, 9.17) is 15.7 Å². The Bertz CT molecular complexity index is 465. The van der Waals surface area contributed by atoms with Crippen molar-refractivity contribution in [2.75, 3.05) is 18.0 Å². The van der Waals surface area contributed by atoms with E-state index >= 15 is 0 Å². The SMILES string of the molecule is CC(C)C1CN(CC#N)c2ccc(CN)cc2O1. The van der Waals surface area contributed by atoms with Gasteiger partial charge < -0.3 is 15.4 Å². The Hall–Kier alpha value is -1.73. The van der Waals surface area contributed by atoms with Gasteiger partial charge in [-0.2, -0.15) is 5.26 Å². The minimum Gasteiger partial charge on any atom is -0.486 e. The number of hydrogen-bond acceptors (Lipinski definition) is 4. The van der Waals surface area contributed by atoms with Gasteiger partial charge in [0.25, 0.3) is 0 Å². The number of hydrogen-bond donors (Lipinski definition) is 1. The van der Waals surface area contributed by atoms with E-state index in [1.807, 2.05) is 18.2 Å². The van der Waals surface area contributed by atoms with Crippen molar-refractivity contribution in [3.05, 3.63) is 23.8 Å². The molecular weight excluding hydrogens is 226 g/mol. The zero-order chi connectivity index (χ0) is 13.1. The fourth-order valence-corrected chi connectivity index (χ4v) is 2.14. The first-order chi connectivity index (χ1) is 8.65. The van der Waals surface area contributed by atoms with Crippen LogP contribution in [0.5, 0.6) is 5.75 Å². The van der Waals surface area contributed by atoms with E-state index < -0.39 is 0 Å². The van der Waals surface area contributed by atoms with E-state index in [0.717, 1.165) is 23.5 Å². The van der Waals surface area contributed by atoms with Crippen LogP contribution in [-0.2, 0) is 6.54 Å². The summed E-state index contributed by atoms with van der Waals surface area (Å²) in [4.78, 5) is 2.07. The highest BCUT2D eigenvalue weighted by molar-refractivity contribution is 5.62. The highest BCUT2D eigenvalue weighted by Gasteiger charge is 2.27. The van der Waals surface area contributed by atoms with Crippen molar-refractivity contribution < 1.29 is 4.74 Å². The van der Waals surface area contributed by atoms with Gasteiger partial charge in [0, 0.05) is 6.54 Å². The fraction of sp³-hybridized carbons (Fsp3) is 0.500. The zero-order valence-corrected chi connectivity index (χ0v) is 10.9. The number of nitriles is 1. The molecule has 4 heteroatoms. The summed E-state index contributed by atoms with van der Waals surface area (Å²) in [7, 11) is 0. The number of anilines is 1. The first-order valence-electron chi connectivity index (χ1n) is 6.27. The molecule has 2 rings (SSSR count). The summed E-state index contributed by atoms with van der Waals surface area (Å²) in [5, 5.41) is 8.92. The summed E-state index contributed by atoms with van der Waals surface area (Å²) in [6.07, 6.45) is 0.124. The molecule has 1 unspecified atom stereocenters. The van der Waals surface area contributed by atoms with E-state index in [0.29, 0.717) is 19.0 Å². The van der Waals surface area contributed by atoms with Gasteiger partial charge in [-0.3, -0.25) is 0 Å². The number of nitrogens with zero attached hydrogens (tertiary/aromatic N) is 2. The maximum Gasteiger partial charge on any atom is 0.143 e. The number of fused-ring (bicyclic) bond motifs is 1. The van der Waals surface area contributed by atoms with Crippen molar-refractivity contribution in [1.82, 2.24) is 0 Å². The molecule has 0 spiro atoms. The predicted octanol–water partition coefficient (Wildman–Crippen LogP) is 1.89. The Morgan fingerprint density at radius 3 is 2.94 bits per heavy atom. The third-order valence-electron chi connectivity index (χ3n) is 3.28. The van der Waals surface area contributed by atoms with Crippen molar-refractivity contribution in [2.24, 2.45) is 11.7 Å². The van der Waals surface area contributed by atoms with Crippen LogP contribution in [0, 0.1) is 17.2 Å². The predicted molar refractivity (Wildman–Crippen MR) is 71.4 cm³/mol.